The molecule has 0 aromatic heterocycles. The number of carbonyl (C=O) groups excluding carboxylic acids is 1. The number of hydrogen-bond donors (Lipinski definition) is 1. The molecule has 6 nitrogen and oxygen atoms in total. The zero-order valence-electron chi connectivity index (χ0n) is 21.2. The average Bonchev–Trinajstić information content (AvgIpc) is 2.92. The molecule has 0 aliphatic heterocycles. The van der Waals surface area contributed by atoms with Gasteiger partial charge in [-0.2, -0.15) is 0 Å². The molecular formula is C30H29ClN2O4S. The summed E-state index contributed by atoms with van der Waals surface area (Å²) >= 11 is 6.05. The molecule has 8 heteroatoms. The number of sulfonamides is 1. The van der Waals surface area contributed by atoms with Crippen molar-refractivity contribution in [3.8, 4) is 5.75 Å². The highest BCUT2D eigenvalue weighted by molar-refractivity contribution is 7.92. The van der Waals surface area contributed by atoms with Gasteiger partial charge in [-0.1, -0.05) is 65.7 Å². The number of nitrogens with zero attached hydrogens (tertiary/aromatic N) is 1. The summed E-state index contributed by atoms with van der Waals surface area (Å²) in [5, 5.41) is 3.47. The smallest absolute Gasteiger partial charge is 0.264 e. The Morgan fingerprint density at radius 3 is 2.32 bits per heavy atom. The van der Waals surface area contributed by atoms with E-state index in [1.54, 1.807) is 72.8 Å². The van der Waals surface area contributed by atoms with E-state index in [0.29, 0.717) is 11.6 Å². The zero-order chi connectivity index (χ0) is 27.1. The maximum absolute atomic E-state index is 13.9. The van der Waals surface area contributed by atoms with Crippen LogP contribution in [0.1, 0.15) is 34.0 Å². The predicted octanol–water partition coefficient (Wildman–Crippen LogP) is 6.37. The number of aryl methyl sites for hydroxylation is 1. The molecule has 0 radical (unpaired) electrons. The Hall–Kier alpha value is -3.81. The minimum Gasteiger partial charge on any atom is -0.494 e. The topological polar surface area (TPSA) is 75.7 Å². The van der Waals surface area contributed by atoms with Gasteiger partial charge < -0.3 is 10.1 Å². The molecular weight excluding hydrogens is 520 g/mol. The molecule has 0 aliphatic rings. The number of halogens is 1. The molecule has 0 bridgehead atoms. The van der Waals surface area contributed by atoms with Crippen molar-refractivity contribution in [3.05, 3.63) is 124 Å². The number of para-hydroxylation sites is 1. The fourth-order valence-electron chi connectivity index (χ4n) is 3.97. The van der Waals surface area contributed by atoms with Gasteiger partial charge in [0.15, 0.2) is 0 Å². The Bertz CT molecular complexity index is 1500. The summed E-state index contributed by atoms with van der Waals surface area (Å²) in [6.07, 6.45) is 0. The molecule has 0 fully saturated rings. The molecule has 4 aromatic rings. The van der Waals surface area contributed by atoms with E-state index in [4.69, 9.17) is 16.3 Å². The summed E-state index contributed by atoms with van der Waals surface area (Å²) in [4.78, 5) is 13.5. The van der Waals surface area contributed by atoms with Crippen LogP contribution in [0.4, 0.5) is 5.69 Å². The first-order valence-electron chi connectivity index (χ1n) is 12.2. The van der Waals surface area contributed by atoms with Crippen LogP contribution in [0.15, 0.2) is 102 Å². The van der Waals surface area contributed by atoms with Crippen molar-refractivity contribution in [2.45, 2.75) is 31.8 Å². The minimum absolute atomic E-state index is 0.0219. The van der Waals surface area contributed by atoms with Crippen molar-refractivity contribution in [2.24, 2.45) is 0 Å². The number of ether oxygens (including phenoxy) is 1. The Morgan fingerprint density at radius 2 is 1.61 bits per heavy atom. The minimum atomic E-state index is -4.01. The molecule has 0 atom stereocenters. The van der Waals surface area contributed by atoms with Crippen molar-refractivity contribution in [2.75, 3.05) is 10.9 Å². The maximum Gasteiger partial charge on any atom is 0.264 e. The zero-order valence-corrected chi connectivity index (χ0v) is 22.8. The molecule has 0 unspecified atom stereocenters. The number of amides is 1. The van der Waals surface area contributed by atoms with E-state index in [1.807, 2.05) is 38.1 Å². The predicted molar refractivity (Wildman–Crippen MR) is 151 cm³/mol. The molecule has 38 heavy (non-hydrogen) atoms. The third kappa shape index (κ3) is 6.54. The first-order valence-corrected chi connectivity index (χ1v) is 14.0. The summed E-state index contributed by atoms with van der Waals surface area (Å²) in [6.45, 7) is 4.63. The number of benzene rings is 4. The summed E-state index contributed by atoms with van der Waals surface area (Å²) in [7, 11) is -4.01. The number of hydrogen-bond acceptors (Lipinski definition) is 4. The quantitative estimate of drug-likeness (QED) is 0.250. The second kappa shape index (κ2) is 12.2. The molecule has 0 heterocycles. The van der Waals surface area contributed by atoms with Crippen LogP contribution in [0.3, 0.4) is 0 Å². The van der Waals surface area contributed by atoms with E-state index in [2.05, 4.69) is 5.32 Å². The molecule has 1 N–H and O–H groups in total. The number of carbonyl (C=O) groups is 1. The van der Waals surface area contributed by atoms with Crippen LogP contribution in [0.25, 0.3) is 0 Å². The van der Waals surface area contributed by atoms with Gasteiger partial charge in [0.25, 0.3) is 15.9 Å². The largest absolute Gasteiger partial charge is 0.494 e. The number of anilines is 1. The fourth-order valence-corrected chi connectivity index (χ4v) is 5.56. The van der Waals surface area contributed by atoms with Gasteiger partial charge in [-0.3, -0.25) is 9.10 Å². The van der Waals surface area contributed by atoms with E-state index in [9.17, 15) is 13.2 Å². The van der Waals surface area contributed by atoms with Crippen molar-refractivity contribution >= 4 is 33.2 Å². The Balaban J connectivity index is 1.69. The van der Waals surface area contributed by atoms with Gasteiger partial charge >= 0.3 is 0 Å². The van der Waals surface area contributed by atoms with Gasteiger partial charge in [-0.25, -0.2) is 8.42 Å². The van der Waals surface area contributed by atoms with Crippen LogP contribution >= 0.6 is 11.6 Å². The number of rotatable bonds is 10. The molecule has 1 amide bonds. The molecule has 0 aliphatic carbocycles. The lowest BCUT2D eigenvalue weighted by Gasteiger charge is -2.27. The second-order valence-electron chi connectivity index (χ2n) is 8.73. The van der Waals surface area contributed by atoms with E-state index >= 15 is 0 Å². The van der Waals surface area contributed by atoms with Gasteiger partial charge in [0.2, 0.25) is 0 Å². The monoisotopic (exact) mass is 548 g/mol. The Kier molecular flexibility index (Phi) is 8.71. The van der Waals surface area contributed by atoms with Crippen LogP contribution in [-0.2, 0) is 23.1 Å². The Morgan fingerprint density at radius 1 is 0.895 bits per heavy atom. The van der Waals surface area contributed by atoms with Gasteiger partial charge in [-0.05, 0) is 73.5 Å². The lowest BCUT2D eigenvalue weighted by Crippen LogP contribution is -2.33. The normalized spacial score (nSPS) is 11.1. The summed E-state index contributed by atoms with van der Waals surface area (Å²) in [6, 6.07) is 27.8. The lowest BCUT2D eigenvalue weighted by molar-refractivity contribution is 0.0951. The maximum atomic E-state index is 13.9. The summed E-state index contributed by atoms with van der Waals surface area (Å²) < 4.78 is 34.7. The highest BCUT2D eigenvalue weighted by Gasteiger charge is 2.28. The summed E-state index contributed by atoms with van der Waals surface area (Å²) in [5.74, 6) is 0.334. The van der Waals surface area contributed by atoms with E-state index in [1.165, 1.54) is 4.31 Å². The molecule has 0 spiro atoms. The fraction of sp³-hybridized carbons (Fsp3) is 0.167. The van der Waals surface area contributed by atoms with Gasteiger partial charge in [-0.15, -0.1) is 0 Å². The SMILES string of the molecule is CCOc1cccc(CNC(=O)c2ccccc2N(Cc2ccc(Cl)cc2)S(=O)(=O)c2ccc(C)cc2)c1. The second-order valence-corrected chi connectivity index (χ2v) is 11.0. The highest BCUT2D eigenvalue weighted by Crippen LogP contribution is 2.30. The van der Waals surface area contributed by atoms with Crippen molar-refractivity contribution < 1.29 is 17.9 Å². The van der Waals surface area contributed by atoms with Gasteiger partial charge in [0.1, 0.15) is 5.75 Å². The molecule has 196 valence electrons. The molecule has 4 aromatic carbocycles. The van der Waals surface area contributed by atoms with E-state index in [-0.39, 0.29) is 35.1 Å². The van der Waals surface area contributed by atoms with Crippen LogP contribution in [0.2, 0.25) is 5.02 Å². The Labute approximate surface area is 228 Å². The van der Waals surface area contributed by atoms with Crippen molar-refractivity contribution in [3.63, 3.8) is 0 Å². The van der Waals surface area contributed by atoms with Crippen LogP contribution < -0.4 is 14.4 Å². The molecule has 0 saturated carbocycles. The van der Waals surface area contributed by atoms with Crippen molar-refractivity contribution in [1.29, 1.82) is 0 Å². The highest BCUT2D eigenvalue weighted by atomic mass is 35.5. The average molecular weight is 549 g/mol. The van der Waals surface area contributed by atoms with E-state index < -0.39 is 10.0 Å². The van der Waals surface area contributed by atoms with Gasteiger partial charge in [0, 0.05) is 11.6 Å². The third-order valence-electron chi connectivity index (χ3n) is 5.93. The van der Waals surface area contributed by atoms with Crippen LogP contribution in [0, 0.1) is 6.92 Å². The summed E-state index contributed by atoms with van der Waals surface area (Å²) in [5.41, 5.74) is 3.07. The van der Waals surface area contributed by atoms with E-state index in [0.717, 1.165) is 22.4 Å². The first kappa shape index (κ1) is 27.2. The standard InChI is InChI=1S/C30H29ClN2O4S/c1-3-37-26-8-6-7-24(19-26)20-32-30(34)28-9-4-5-10-29(28)33(21-23-13-15-25(31)16-14-23)38(35,36)27-17-11-22(2)12-18-27/h4-19H,3,20-21H2,1-2H3,(H,32,34). The molecule has 4 rings (SSSR count). The van der Waals surface area contributed by atoms with Crippen LogP contribution in [-0.4, -0.2) is 20.9 Å². The van der Waals surface area contributed by atoms with Crippen molar-refractivity contribution in [1.82, 2.24) is 5.32 Å². The third-order valence-corrected chi connectivity index (χ3v) is 7.95. The first-order chi connectivity index (χ1) is 18.3. The molecule has 0 saturated heterocycles. The van der Waals surface area contributed by atoms with Crippen LogP contribution in [0.5, 0.6) is 5.75 Å². The number of nitrogens with one attached hydrogen (secondary N) is 1. The lowest BCUT2D eigenvalue weighted by atomic mass is 10.1. The van der Waals surface area contributed by atoms with Gasteiger partial charge in [0.05, 0.1) is 29.3 Å².